The number of rotatable bonds is 10. The number of carbonyl (C=O) groups is 5. The summed E-state index contributed by atoms with van der Waals surface area (Å²) in [6.45, 7) is 6.34. The van der Waals surface area contributed by atoms with Gasteiger partial charge in [-0.15, -0.1) is 0 Å². The number of carbonyl (C=O) groups excluding carboxylic acids is 5. The van der Waals surface area contributed by atoms with Crippen molar-refractivity contribution in [1.82, 2.24) is 0 Å². The van der Waals surface area contributed by atoms with Crippen molar-refractivity contribution < 1.29 is 47.7 Å². The molecule has 0 aromatic rings. The Morgan fingerprint density at radius 2 is 0.815 bits per heavy atom. The van der Waals surface area contributed by atoms with E-state index >= 15 is 0 Å². The Morgan fingerprint density at radius 3 is 1.07 bits per heavy atom. The molecule has 0 heterocycles. The Morgan fingerprint density at radius 1 is 0.556 bits per heavy atom. The number of ether oxygens (including phenoxy) is 5. The van der Waals surface area contributed by atoms with E-state index in [9.17, 15) is 24.0 Å². The van der Waals surface area contributed by atoms with E-state index < -0.39 is 59.6 Å². The third-order valence-electron chi connectivity index (χ3n) is 3.17. The number of esters is 4. The predicted molar refractivity (Wildman–Crippen MR) is 89.5 cm³/mol. The van der Waals surface area contributed by atoms with Gasteiger partial charge in [0.1, 0.15) is 0 Å². The number of halogens is 1. The highest BCUT2D eigenvalue weighted by atomic mass is 35.5. The van der Waals surface area contributed by atoms with Gasteiger partial charge in [0.2, 0.25) is 0 Å². The van der Waals surface area contributed by atoms with Crippen LogP contribution in [0.2, 0.25) is 0 Å². The van der Waals surface area contributed by atoms with Crippen LogP contribution in [0.1, 0.15) is 34.6 Å². The van der Waals surface area contributed by atoms with Crippen LogP contribution in [0.3, 0.4) is 0 Å². The van der Waals surface area contributed by atoms with Gasteiger partial charge in [0.25, 0.3) is 5.24 Å². The largest absolute Gasteiger partial charge is 0.451 e. The summed E-state index contributed by atoms with van der Waals surface area (Å²) < 4.78 is 23.9. The SMILES string of the molecule is COC(C)C(=O)OC(C)C(=O)OC(C)C(=O)OC(C)C(=O)OC(C)C(=O)Cl. The van der Waals surface area contributed by atoms with E-state index in [4.69, 9.17) is 30.5 Å². The lowest BCUT2D eigenvalue weighted by Gasteiger charge is -2.19. The zero-order valence-electron chi connectivity index (χ0n) is 15.8. The van der Waals surface area contributed by atoms with Crippen LogP contribution in [0.5, 0.6) is 0 Å². The summed E-state index contributed by atoms with van der Waals surface area (Å²) in [4.78, 5) is 57.8. The molecule has 5 unspecified atom stereocenters. The number of hydrogen-bond acceptors (Lipinski definition) is 10. The van der Waals surface area contributed by atoms with Crippen molar-refractivity contribution in [1.29, 1.82) is 0 Å². The first kappa shape index (κ1) is 24.8. The molecule has 0 saturated carbocycles. The van der Waals surface area contributed by atoms with E-state index in [1.807, 2.05) is 0 Å². The molecule has 0 aromatic carbocycles. The molecule has 0 amide bonds. The van der Waals surface area contributed by atoms with Gasteiger partial charge >= 0.3 is 23.9 Å². The van der Waals surface area contributed by atoms with Gasteiger partial charge in [-0.05, 0) is 46.2 Å². The van der Waals surface area contributed by atoms with Crippen molar-refractivity contribution in [2.75, 3.05) is 7.11 Å². The minimum Gasteiger partial charge on any atom is -0.451 e. The summed E-state index contributed by atoms with van der Waals surface area (Å²) in [6, 6.07) is 0. The second-order valence-electron chi connectivity index (χ2n) is 5.50. The third kappa shape index (κ3) is 8.83. The fraction of sp³-hybridized carbons (Fsp3) is 0.688. The van der Waals surface area contributed by atoms with E-state index in [-0.39, 0.29) is 0 Å². The van der Waals surface area contributed by atoms with Crippen molar-refractivity contribution >= 4 is 40.7 Å². The van der Waals surface area contributed by atoms with Crippen LogP contribution < -0.4 is 0 Å². The third-order valence-corrected chi connectivity index (χ3v) is 3.48. The molecular formula is C16H23ClO10. The Kier molecular flexibility index (Phi) is 10.6. The van der Waals surface area contributed by atoms with Crippen LogP contribution in [-0.4, -0.2) is 66.7 Å². The van der Waals surface area contributed by atoms with Gasteiger partial charge in [-0.2, -0.15) is 0 Å². The normalized spacial score (nSPS) is 16.1. The van der Waals surface area contributed by atoms with E-state index in [1.165, 1.54) is 41.7 Å². The quantitative estimate of drug-likeness (QED) is 0.285. The molecule has 5 atom stereocenters. The molecular weight excluding hydrogens is 388 g/mol. The fourth-order valence-corrected chi connectivity index (χ4v) is 1.41. The Balaban J connectivity index is 4.55. The molecule has 154 valence electrons. The van der Waals surface area contributed by atoms with Crippen LogP contribution in [-0.2, 0) is 47.7 Å². The minimum atomic E-state index is -1.39. The molecule has 0 fully saturated rings. The highest BCUT2D eigenvalue weighted by molar-refractivity contribution is 6.64. The zero-order valence-corrected chi connectivity index (χ0v) is 16.6. The van der Waals surface area contributed by atoms with Gasteiger partial charge in [0.05, 0.1) is 0 Å². The molecule has 0 aliphatic rings. The number of methoxy groups -OCH3 is 1. The summed E-state index contributed by atoms with van der Waals surface area (Å²) in [5.41, 5.74) is 0. The zero-order chi connectivity index (χ0) is 21.3. The molecule has 10 nitrogen and oxygen atoms in total. The maximum absolute atomic E-state index is 11.9. The summed E-state index contributed by atoms with van der Waals surface area (Å²) in [6.07, 6.45) is -6.13. The minimum absolute atomic E-state index is 0.781. The molecule has 0 spiro atoms. The highest BCUT2D eigenvalue weighted by Crippen LogP contribution is 2.07. The molecule has 0 radical (unpaired) electrons. The summed E-state index contributed by atoms with van der Waals surface area (Å²) in [7, 11) is 1.29. The smallest absolute Gasteiger partial charge is 0.347 e. The summed E-state index contributed by atoms with van der Waals surface area (Å²) >= 11 is 5.16. The van der Waals surface area contributed by atoms with Crippen LogP contribution in [0.4, 0.5) is 0 Å². The fourth-order valence-electron chi connectivity index (χ4n) is 1.37. The lowest BCUT2D eigenvalue weighted by molar-refractivity contribution is -0.184. The van der Waals surface area contributed by atoms with Crippen molar-refractivity contribution in [3.05, 3.63) is 0 Å². The molecule has 0 N–H and O–H groups in total. The highest BCUT2D eigenvalue weighted by Gasteiger charge is 2.30. The van der Waals surface area contributed by atoms with Crippen molar-refractivity contribution in [3.63, 3.8) is 0 Å². The molecule has 0 bridgehead atoms. The van der Waals surface area contributed by atoms with Gasteiger partial charge in [-0.1, -0.05) is 0 Å². The van der Waals surface area contributed by atoms with Gasteiger partial charge in [0, 0.05) is 7.11 Å². The maximum atomic E-state index is 11.9. The number of hydrogen-bond donors (Lipinski definition) is 0. The molecule has 11 heteroatoms. The van der Waals surface area contributed by atoms with Crippen LogP contribution in [0, 0.1) is 0 Å². The van der Waals surface area contributed by atoms with E-state index in [2.05, 4.69) is 4.74 Å². The van der Waals surface area contributed by atoms with Gasteiger partial charge < -0.3 is 23.7 Å². The first-order valence-electron chi connectivity index (χ1n) is 7.94. The Hall–Kier alpha value is -2.20. The van der Waals surface area contributed by atoms with Crippen LogP contribution >= 0.6 is 11.6 Å². The monoisotopic (exact) mass is 410 g/mol. The second-order valence-corrected chi connectivity index (χ2v) is 5.87. The van der Waals surface area contributed by atoms with Gasteiger partial charge in [-0.25, -0.2) is 19.2 Å². The average molecular weight is 411 g/mol. The standard InChI is InChI=1S/C16H23ClO10/c1-7(12(17)18)24-14(20)9(3)26-16(22)11(5)27-15(21)10(4)25-13(19)8(2)23-6/h7-11H,1-6H3. The summed E-state index contributed by atoms with van der Waals surface area (Å²) in [5, 5.41) is -0.893. The molecule has 0 aromatic heterocycles. The molecule has 27 heavy (non-hydrogen) atoms. The first-order valence-corrected chi connectivity index (χ1v) is 8.32. The van der Waals surface area contributed by atoms with E-state index in [0.29, 0.717) is 0 Å². The Bertz CT molecular complexity index is 576. The lowest BCUT2D eigenvalue weighted by atomic mass is 10.3. The topological polar surface area (TPSA) is 132 Å². The van der Waals surface area contributed by atoms with Crippen molar-refractivity contribution in [3.8, 4) is 0 Å². The maximum Gasteiger partial charge on any atom is 0.347 e. The van der Waals surface area contributed by atoms with Crippen molar-refractivity contribution in [2.24, 2.45) is 0 Å². The molecule has 0 aliphatic heterocycles. The van der Waals surface area contributed by atoms with E-state index in [1.54, 1.807) is 0 Å². The lowest BCUT2D eigenvalue weighted by Crippen LogP contribution is -2.37. The van der Waals surface area contributed by atoms with Crippen molar-refractivity contribution in [2.45, 2.75) is 65.1 Å². The average Bonchev–Trinajstić information content (AvgIpc) is 2.59. The van der Waals surface area contributed by atoms with E-state index in [0.717, 1.165) is 0 Å². The van der Waals surface area contributed by atoms with Crippen LogP contribution in [0.25, 0.3) is 0 Å². The molecule has 0 aliphatic carbocycles. The first-order chi connectivity index (χ1) is 12.4. The van der Waals surface area contributed by atoms with Crippen LogP contribution in [0.15, 0.2) is 0 Å². The predicted octanol–water partition coefficient (Wildman–Crippen LogP) is 0.514. The summed E-state index contributed by atoms with van der Waals surface area (Å²) in [5.74, 6) is -3.81. The second kappa shape index (κ2) is 11.5. The van der Waals surface area contributed by atoms with Gasteiger partial charge in [0.15, 0.2) is 30.5 Å². The Labute approximate surface area is 161 Å². The molecule has 0 rings (SSSR count). The molecule has 0 saturated heterocycles. The van der Waals surface area contributed by atoms with Gasteiger partial charge in [-0.3, -0.25) is 4.79 Å².